The third kappa shape index (κ3) is 8.15. The van der Waals surface area contributed by atoms with Crippen molar-refractivity contribution in [3.05, 3.63) is 82.6 Å². The Kier molecular flexibility index (Phi) is 9.51. The molecule has 0 radical (unpaired) electrons. The van der Waals surface area contributed by atoms with Crippen molar-refractivity contribution in [2.75, 3.05) is 25.1 Å². The van der Waals surface area contributed by atoms with Crippen LogP contribution in [-0.4, -0.2) is 46.0 Å². The Bertz CT molecular complexity index is 1340. The third-order valence-corrected chi connectivity index (χ3v) is 6.75. The van der Waals surface area contributed by atoms with E-state index < -0.39 is 41.0 Å². The fraction of sp³-hybridized carbons (Fsp3) is 0.160. The number of thiophene rings is 1. The quantitative estimate of drug-likeness (QED) is 0.364. The van der Waals surface area contributed by atoms with Gasteiger partial charge in [0.1, 0.15) is 11.4 Å². The molecule has 0 saturated carbocycles. The van der Waals surface area contributed by atoms with E-state index >= 15 is 0 Å². The van der Waals surface area contributed by atoms with E-state index in [1.54, 1.807) is 43.3 Å². The van der Waals surface area contributed by atoms with Gasteiger partial charge in [0.05, 0.1) is 12.3 Å². The van der Waals surface area contributed by atoms with Gasteiger partial charge in [0.2, 0.25) is 10.0 Å². The maximum absolute atomic E-state index is 12.4. The second-order valence-corrected chi connectivity index (χ2v) is 9.93. The van der Waals surface area contributed by atoms with Crippen LogP contribution in [0.3, 0.4) is 0 Å². The first kappa shape index (κ1) is 26.8. The lowest BCUT2D eigenvalue weighted by Gasteiger charge is -2.07. The van der Waals surface area contributed by atoms with E-state index in [2.05, 4.69) is 10.0 Å². The maximum atomic E-state index is 12.4. The van der Waals surface area contributed by atoms with Crippen LogP contribution in [0.1, 0.15) is 22.2 Å². The van der Waals surface area contributed by atoms with Crippen LogP contribution in [-0.2, 0) is 29.1 Å². The van der Waals surface area contributed by atoms with E-state index in [0.29, 0.717) is 5.56 Å². The molecule has 1 amide bonds. The molecule has 0 aliphatic rings. The summed E-state index contributed by atoms with van der Waals surface area (Å²) in [5.74, 6) is -2.23. The Morgan fingerprint density at radius 3 is 2.31 bits per heavy atom. The molecule has 36 heavy (non-hydrogen) atoms. The molecule has 188 valence electrons. The summed E-state index contributed by atoms with van der Waals surface area (Å²) in [6, 6.07) is 19.7. The van der Waals surface area contributed by atoms with Gasteiger partial charge in [-0.05, 0) is 30.2 Å². The zero-order valence-electron chi connectivity index (χ0n) is 19.3. The van der Waals surface area contributed by atoms with Crippen molar-refractivity contribution in [3.63, 3.8) is 0 Å². The zero-order chi connectivity index (χ0) is 26.0. The number of carbonyl (C=O) groups is 3. The van der Waals surface area contributed by atoms with Crippen molar-refractivity contribution >= 4 is 51.0 Å². The van der Waals surface area contributed by atoms with Crippen LogP contribution in [0, 0.1) is 0 Å². The van der Waals surface area contributed by atoms with E-state index in [1.807, 2.05) is 30.3 Å². The van der Waals surface area contributed by atoms with Crippen LogP contribution in [0.25, 0.3) is 16.5 Å². The average molecular weight is 529 g/mol. The van der Waals surface area contributed by atoms with Gasteiger partial charge < -0.3 is 14.8 Å². The van der Waals surface area contributed by atoms with E-state index in [-0.39, 0.29) is 17.2 Å². The Hall–Kier alpha value is -3.80. The SMILES string of the molecule is CCOC(=O)c1sc(-c2ccccc2)cc1NC(=O)COC(=O)CNS(=O)(=O)/C=C/c1ccccc1. The molecular formula is C25H24N2O7S2. The Morgan fingerprint density at radius 2 is 1.64 bits per heavy atom. The lowest BCUT2D eigenvalue weighted by molar-refractivity contribution is -0.146. The summed E-state index contributed by atoms with van der Waals surface area (Å²) in [6.07, 6.45) is 1.38. The number of esters is 2. The predicted molar refractivity (Wildman–Crippen MR) is 138 cm³/mol. The summed E-state index contributed by atoms with van der Waals surface area (Å²) < 4.78 is 36.1. The van der Waals surface area contributed by atoms with E-state index in [9.17, 15) is 22.8 Å². The molecule has 1 heterocycles. The minimum Gasteiger partial charge on any atom is -0.462 e. The number of amides is 1. The molecule has 9 nitrogen and oxygen atoms in total. The number of carbonyl (C=O) groups excluding carboxylic acids is 3. The number of anilines is 1. The molecule has 0 fully saturated rings. The van der Waals surface area contributed by atoms with Gasteiger partial charge in [-0.15, -0.1) is 11.3 Å². The number of rotatable bonds is 11. The molecule has 2 aromatic carbocycles. The van der Waals surface area contributed by atoms with Crippen LogP contribution < -0.4 is 10.0 Å². The highest BCUT2D eigenvalue weighted by Gasteiger charge is 2.20. The lowest BCUT2D eigenvalue weighted by atomic mass is 10.2. The molecule has 0 bridgehead atoms. The largest absolute Gasteiger partial charge is 0.462 e. The van der Waals surface area contributed by atoms with Gasteiger partial charge in [0, 0.05) is 10.3 Å². The Labute approximate surface area is 212 Å². The van der Waals surface area contributed by atoms with Crippen molar-refractivity contribution in [2.24, 2.45) is 0 Å². The van der Waals surface area contributed by atoms with Gasteiger partial charge in [0.25, 0.3) is 5.91 Å². The van der Waals surface area contributed by atoms with Gasteiger partial charge in [-0.1, -0.05) is 60.7 Å². The molecule has 1 aromatic heterocycles. The van der Waals surface area contributed by atoms with Crippen molar-refractivity contribution in [3.8, 4) is 10.4 Å². The number of ether oxygens (including phenoxy) is 2. The molecular weight excluding hydrogens is 504 g/mol. The van der Waals surface area contributed by atoms with E-state index in [4.69, 9.17) is 9.47 Å². The van der Waals surface area contributed by atoms with Gasteiger partial charge in [-0.3, -0.25) is 9.59 Å². The van der Waals surface area contributed by atoms with E-state index in [1.165, 1.54) is 6.08 Å². The maximum Gasteiger partial charge on any atom is 0.350 e. The first-order valence-corrected chi connectivity index (χ1v) is 13.2. The van der Waals surface area contributed by atoms with Gasteiger partial charge in [-0.25, -0.2) is 17.9 Å². The highest BCUT2D eigenvalue weighted by Crippen LogP contribution is 2.35. The van der Waals surface area contributed by atoms with Crippen molar-refractivity contribution in [1.82, 2.24) is 4.72 Å². The molecule has 0 saturated heterocycles. The Morgan fingerprint density at radius 1 is 0.972 bits per heavy atom. The molecule has 0 aliphatic heterocycles. The molecule has 11 heteroatoms. The molecule has 3 rings (SSSR count). The number of benzene rings is 2. The van der Waals surface area contributed by atoms with Crippen LogP contribution in [0.4, 0.5) is 5.69 Å². The first-order chi connectivity index (χ1) is 17.3. The van der Waals surface area contributed by atoms with E-state index in [0.717, 1.165) is 27.2 Å². The highest BCUT2D eigenvalue weighted by atomic mass is 32.2. The minimum absolute atomic E-state index is 0.166. The van der Waals surface area contributed by atoms with Crippen molar-refractivity contribution in [1.29, 1.82) is 0 Å². The van der Waals surface area contributed by atoms with Crippen molar-refractivity contribution < 1.29 is 32.3 Å². The minimum atomic E-state index is -3.89. The third-order valence-electron chi connectivity index (χ3n) is 4.55. The second kappa shape index (κ2) is 12.8. The first-order valence-electron chi connectivity index (χ1n) is 10.8. The van der Waals surface area contributed by atoms with Gasteiger partial charge in [0.15, 0.2) is 6.61 Å². The summed E-state index contributed by atoms with van der Waals surface area (Å²) in [6.45, 7) is 0.518. The second-order valence-electron chi connectivity index (χ2n) is 7.23. The monoisotopic (exact) mass is 528 g/mol. The fourth-order valence-corrected chi connectivity index (χ4v) is 4.66. The number of nitrogens with one attached hydrogen (secondary N) is 2. The zero-order valence-corrected chi connectivity index (χ0v) is 20.9. The summed E-state index contributed by atoms with van der Waals surface area (Å²) in [5, 5.41) is 3.48. The predicted octanol–water partition coefficient (Wildman–Crippen LogP) is 3.66. The molecule has 0 aliphatic carbocycles. The summed E-state index contributed by atoms with van der Waals surface area (Å²) >= 11 is 1.16. The average Bonchev–Trinajstić information content (AvgIpc) is 3.30. The summed E-state index contributed by atoms with van der Waals surface area (Å²) in [7, 11) is -3.89. The van der Waals surface area contributed by atoms with Crippen molar-refractivity contribution in [2.45, 2.75) is 6.92 Å². The fourth-order valence-electron chi connectivity index (χ4n) is 2.90. The van der Waals surface area contributed by atoms with Crippen LogP contribution in [0.5, 0.6) is 0 Å². The molecule has 2 N–H and O–H groups in total. The van der Waals surface area contributed by atoms with Crippen LogP contribution >= 0.6 is 11.3 Å². The summed E-state index contributed by atoms with van der Waals surface area (Å²) in [4.78, 5) is 37.6. The number of hydrogen-bond acceptors (Lipinski definition) is 8. The number of hydrogen-bond donors (Lipinski definition) is 2. The highest BCUT2D eigenvalue weighted by molar-refractivity contribution is 7.92. The lowest BCUT2D eigenvalue weighted by Crippen LogP contribution is -2.31. The molecule has 0 atom stereocenters. The summed E-state index contributed by atoms with van der Waals surface area (Å²) in [5.41, 5.74) is 1.76. The molecule has 0 unspecified atom stereocenters. The standard InChI is InChI=1S/C25H24N2O7S2/c1-2-33-25(30)24-20(15-21(35-24)19-11-7-4-8-12-19)27-22(28)17-34-23(29)16-26-36(31,32)14-13-18-9-5-3-6-10-18/h3-15,26H,2,16-17H2,1H3,(H,27,28)/b14-13+. The van der Waals surface area contributed by atoms with Crippen LogP contribution in [0.15, 0.2) is 72.1 Å². The smallest absolute Gasteiger partial charge is 0.350 e. The number of sulfonamides is 1. The van der Waals surface area contributed by atoms with Gasteiger partial charge in [-0.2, -0.15) is 0 Å². The molecule has 0 spiro atoms. The Balaban J connectivity index is 1.55. The van der Waals surface area contributed by atoms with Crippen LogP contribution in [0.2, 0.25) is 0 Å². The molecule has 3 aromatic rings. The topological polar surface area (TPSA) is 128 Å². The normalized spacial score (nSPS) is 11.2. The van der Waals surface area contributed by atoms with Gasteiger partial charge >= 0.3 is 11.9 Å².